The number of phenols is 1. The van der Waals surface area contributed by atoms with Gasteiger partial charge in [0, 0.05) is 39.9 Å². The molecule has 0 aliphatic rings. The van der Waals surface area contributed by atoms with Crippen LogP contribution in [0.3, 0.4) is 0 Å². The lowest BCUT2D eigenvalue weighted by Gasteiger charge is -2.25. The Labute approximate surface area is 299 Å². The molecule has 6 rings (SSSR count). The van der Waals surface area contributed by atoms with Crippen LogP contribution in [0, 0.1) is 5.82 Å². The van der Waals surface area contributed by atoms with Gasteiger partial charge in [0.2, 0.25) is 11.2 Å². The van der Waals surface area contributed by atoms with Crippen molar-refractivity contribution >= 4 is 45.7 Å². The molecular weight excluding hydrogens is 697 g/mol. The van der Waals surface area contributed by atoms with Gasteiger partial charge in [0.15, 0.2) is 0 Å². The number of aromatic hydroxyl groups is 1. The molecule has 7 N–H and O–H groups in total. The third-order valence-corrected chi connectivity index (χ3v) is 9.84. The normalized spacial score (nSPS) is 13.1. The lowest BCUT2D eigenvalue weighted by Crippen LogP contribution is -2.36. The average molecular weight is 728 g/mol. The molecular formula is C38H31ClFN3O7S. The van der Waals surface area contributed by atoms with Gasteiger partial charge in [0.05, 0.1) is 28.8 Å². The number of aromatic nitrogens is 1. The van der Waals surface area contributed by atoms with Crippen LogP contribution in [0.2, 0.25) is 5.02 Å². The van der Waals surface area contributed by atoms with Crippen molar-refractivity contribution in [1.29, 1.82) is 0 Å². The van der Waals surface area contributed by atoms with Crippen LogP contribution in [-0.2, 0) is 23.5 Å². The molecule has 2 aromatic heterocycles. The molecule has 260 valence electrons. The number of pyridine rings is 1. The fraction of sp³-hybridized carbons (Fsp3) is 0.132. The van der Waals surface area contributed by atoms with Gasteiger partial charge in [-0.1, -0.05) is 66.2 Å². The molecule has 2 atom stereocenters. The summed E-state index contributed by atoms with van der Waals surface area (Å²) in [6.45, 7) is 0.251. The number of carbonyl (C=O) groups is 2. The monoisotopic (exact) mass is 727 g/mol. The minimum atomic E-state index is -2.26. The number of carboxylic acids is 1. The number of hydrogen-bond donors (Lipinski definition) is 7. The van der Waals surface area contributed by atoms with Gasteiger partial charge in [0.1, 0.15) is 11.6 Å². The lowest BCUT2D eigenvalue weighted by molar-refractivity contribution is -0.155. The number of nitrogens with one attached hydrogen (secondary N) is 3. The number of halogens is 2. The van der Waals surface area contributed by atoms with Crippen LogP contribution >= 0.6 is 22.9 Å². The number of hydrogen-bond acceptors (Lipinski definition) is 8. The third-order valence-electron chi connectivity index (χ3n) is 8.41. The van der Waals surface area contributed by atoms with E-state index in [1.54, 1.807) is 66.7 Å². The number of carbonyl (C=O) groups excluding carboxylic acids is 1. The molecule has 0 radical (unpaired) electrons. The van der Waals surface area contributed by atoms with Gasteiger partial charge < -0.3 is 36.0 Å². The van der Waals surface area contributed by atoms with E-state index in [9.17, 15) is 34.8 Å². The van der Waals surface area contributed by atoms with E-state index in [-0.39, 0.29) is 52.6 Å². The first kappa shape index (κ1) is 35.5. The van der Waals surface area contributed by atoms with Crippen LogP contribution in [0.4, 0.5) is 4.39 Å². The van der Waals surface area contributed by atoms with Crippen molar-refractivity contribution in [1.82, 2.24) is 15.6 Å². The van der Waals surface area contributed by atoms with Crippen molar-refractivity contribution in [2.75, 3.05) is 6.54 Å². The molecule has 0 aliphatic carbocycles. The summed E-state index contributed by atoms with van der Waals surface area (Å²) in [7, 11) is 0. The Bertz CT molecular complexity index is 2290. The van der Waals surface area contributed by atoms with E-state index in [0.29, 0.717) is 22.1 Å². The molecule has 0 saturated carbocycles. The van der Waals surface area contributed by atoms with E-state index in [0.717, 1.165) is 9.75 Å². The predicted molar refractivity (Wildman–Crippen MR) is 192 cm³/mol. The zero-order valence-electron chi connectivity index (χ0n) is 26.7. The summed E-state index contributed by atoms with van der Waals surface area (Å²) in [6.07, 6.45) is -1.02. The highest BCUT2D eigenvalue weighted by molar-refractivity contribution is 7.15. The minimum absolute atomic E-state index is 0.0566. The Hall–Kier alpha value is -5.37. The van der Waals surface area contributed by atoms with E-state index >= 15 is 4.39 Å². The van der Waals surface area contributed by atoms with Gasteiger partial charge in [-0.25, -0.2) is 9.18 Å². The number of rotatable bonds is 12. The molecule has 13 heteroatoms. The number of carboxylic acid groups (broad SMARTS) is 1. The number of aliphatic hydroxyl groups excluding tert-OH is 1. The smallest absolute Gasteiger partial charge is 0.345 e. The highest BCUT2D eigenvalue weighted by Gasteiger charge is 2.40. The maximum absolute atomic E-state index is 15.2. The number of aromatic amines is 1. The van der Waals surface area contributed by atoms with Gasteiger partial charge in [-0.2, -0.15) is 0 Å². The minimum Gasteiger partial charge on any atom is -0.506 e. The maximum Gasteiger partial charge on any atom is 0.345 e. The highest BCUT2D eigenvalue weighted by Crippen LogP contribution is 2.35. The van der Waals surface area contributed by atoms with Crippen molar-refractivity contribution in [3.63, 3.8) is 0 Å². The van der Waals surface area contributed by atoms with Gasteiger partial charge in [-0.3, -0.25) is 9.59 Å². The number of thiophene rings is 1. The van der Waals surface area contributed by atoms with Crippen molar-refractivity contribution < 1.29 is 34.4 Å². The largest absolute Gasteiger partial charge is 0.506 e. The Morgan fingerprint density at radius 2 is 1.69 bits per heavy atom. The van der Waals surface area contributed by atoms with Crippen molar-refractivity contribution in [2.24, 2.45) is 0 Å². The third kappa shape index (κ3) is 7.41. The SMILES string of the molecule is O=C(NCc1ccc(-c2cccc([C@](O)(C(=O)O)c3ccccc3)c2)s1)c1c(F)cc(CNC[C@H](O)c2ccc(O)c3[nH]c(=O)ccc23)cc1Cl. The number of fused-ring (bicyclic) bond motifs is 1. The Balaban J connectivity index is 1.08. The molecule has 6 aromatic rings. The van der Waals surface area contributed by atoms with E-state index in [2.05, 4.69) is 15.6 Å². The molecule has 10 nitrogen and oxygen atoms in total. The zero-order chi connectivity index (χ0) is 36.3. The van der Waals surface area contributed by atoms with Gasteiger partial charge in [-0.05, 0) is 64.7 Å². The topological polar surface area (TPSA) is 172 Å². The summed E-state index contributed by atoms with van der Waals surface area (Å²) in [5.74, 6) is -3.07. The molecule has 0 unspecified atom stereocenters. The Morgan fingerprint density at radius 3 is 2.43 bits per heavy atom. The summed E-state index contributed by atoms with van der Waals surface area (Å²) < 4.78 is 15.2. The first-order chi connectivity index (χ1) is 24.4. The standard InChI is InChI=1S/C38H31ClFN3O7S/c39-28-15-21(18-41-20-31(45)26-10-12-30(44)35-27(26)11-14-33(46)43-35)16-29(40)34(28)36(47)42-19-25-9-13-32(51-25)22-5-4-8-24(17-22)38(50,37(48)49)23-6-2-1-3-7-23/h1-17,31,41,44-45,50H,18-20H2,(H,42,47)(H,43,46)(H,48,49)/t31-,38-/m0/s1. The van der Waals surface area contributed by atoms with E-state index < -0.39 is 35.0 Å². The van der Waals surface area contributed by atoms with Crippen LogP contribution < -0.4 is 16.2 Å². The van der Waals surface area contributed by atoms with Crippen molar-refractivity contribution in [2.45, 2.75) is 24.8 Å². The molecule has 1 amide bonds. The Kier molecular flexibility index (Phi) is 10.3. The van der Waals surface area contributed by atoms with Crippen LogP contribution in [0.25, 0.3) is 21.3 Å². The molecule has 0 saturated heterocycles. The molecule has 4 aromatic carbocycles. The van der Waals surface area contributed by atoms with Crippen LogP contribution in [0.15, 0.2) is 108 Å². The summed E-state index contributed by atoms with van der Waals surface area (Å²) in [6, 6.07) is 26.7. The quantitative estimate of drug-likeness (QED) is 0.0826. The summed E-state index contributed by atoms with van der Waals surface area (Å²) in [4.78, 5) is 41.0. The molecule has 0 fully saturated rings. The fourth-order valence-electron chi connectivity index (χ4n) is 5.83. The number of phenolic OH excluding ortho intramolecular Hbond substituents is 1. The van der Waals surface area contributed by atoms with Crippen LogP contribution in [-0.4, -0.2) is 43.8 Å². The van der Waals surface area contributed by atoms with E-state index in [1.807, 2.05) is 6.07 Å². The average Bonchev–Trinajstić information content (AvgIpc) is 3.60. The Morgan fingerprint density at radius 1 is 0.922 bits per heavy atom. The first-order valence-electron chi connectivity index (χ1n) is 15.7. The first-order valence-corrected chi connectivity index (χ1v) is 16.9. The molecule has 0 aliphatic heterocycles. The van der Waals surface area contributed by atoms with Crippen molar-refractivity contribution in [3.8, 4) is 16.2 Å². The molecule has 0 bridgehead atoms. The van der Waals surface area contributed by atoms with Gasteiger partial charge in [0.25, 0.3) is 5.91 Å². The van der Waals surface area contributed by atoms with Gasteiger partial charge >= 0.3 is 5.97 Å². The lowest BCUT2D eigenvalue weighted by atomic mass is 9.85. The van der Waals surface area contributed by atoms with Crippen LogP contribution in [0.5, 0.6) is 5.75 Å². The highest BCUT2D eigenvalue weighted by atomic mass is 35.5. The van der Waals surface area contributed by atoms with E-state index in [1.165, 1.54) is 41.7 Å². The van der Waals surface area contributed by atoms with Crippen molar-refractivity contribution in [3.05, 3.63) is 157 Å². The second kappa shape index (κ2) is 14.9. The number of aliphatic hydroxyl groups is 2. The molecule has 51 heavy (non-hydrogen) atoms. The van der Waals surface area contributed by atoms with E-state index in [4.69, 9.17) is 11.6 Å². The second-order valence-corrected chi connectivity index (χ2v) is 13.4. The zero-order valence-corrected chi connectivity index (χ0v) is 28.3. The summed E-state index contributed by atoms with van der Waals surface area (Å²) in [5.41, 5.74) is -0.764. The summed E-state index contributed by atoms with van der Waals surface area (Å²) >= 11 is 7.70. The molecule has 0 spiro atoms. The number of benzene rings is 4. The second-order valence-electron chi connectivity index (χ2n) is 11.8. The maximum atomic E-state index is 15.2. The number of aliphatic carboxylic acids is 1. The number of H-pyrrole nitrogens is 1. The molecule has 2 heterocycles. The summed E-state index contributed by atoms with van der Waals surface area (Å²) in [5, 5.41) is 48.2. The van der Waals surface area contributed by atoms with Crippen LogP contribution in [0.1, 0.15) is 43.6 Å². The fourth-order valence-corrected chi connectivity index (χ4v) is 7.09. The number of amides is 1. The predicted octanol–water partition coefficient (Wildman–Crippen LogP) is 5.83. The van der Waals surface area contributed by atoms with Gasteiger partial charge in [-0.15, -0.1) is 11.3 Å².